The first kappa shape index (κ1) is 16.3. The predicted octanol–water partition coefficient (Wildman–Crippen LogP) is 5.54. The minimum atomic E-state index is -0.470. The number of pyridine rings is 1. The smallest absolute Gasteiger partial charge is 0.256 e. The molecular formula is C20H12ClFN2O2. The quantitative estimate of drug-likeness (QED) is 0.518. The van der Waals surface area contributed by atoms with Crippen molar-refractivity contribution in [2.24, 2.45) is 0 Å². The summed E-state index contributed by atoms with van der Waals surface area (Å²) in [6, 6.07) is 16.3. The standard InChI is InChI=1S/C20H12ClFN2O2/c21-15-10-12(22)7-8-17(15)24-20(25)14-11-18(19-6-3-9-26-19)23-16-5-2-1-4-13(14)16/h1-11H,(H,24,25). The molecule has 0 spiro atoms. The molecular weight excluding hydrogens is 355 g/mol. The van der Waals surface area contributed by atoms with Crippen LogP contribution in [0, 0.1) is 5.82 Å². The van der Waals surface area contributed by atoms with Crippen LogP contribution in [-0.4, -0.2) is 10.9 Å². The number of amides is 1. The van der Waals surface area contributed by atoms with Crippen LogP contribution in [0.3, 0.4) is 0 Å². The zero-order valence-electron chi connectivity index (χ0n) is 13.4. The maximum Gasteiger partial charge on any atom is 0.256 e. The summed E-state index contributed by atoms with van der Waals surface area (Å²) >= 11 is 6.01. The Morgan fingerprint density at radius 1 is 1.08 bits per heavy atom. The molecule has 26 heavy (non-hydrogen) atoms. The molecule has 0 aliphatic heterocycles. The molecule has 0 atom stereocenters. The molecule has 0 saturated heterocycles. The Labute approximate surface area is 153 Å². The van der Waals surface area contributed by atoms with E-state index in [1.807, 2.05) is 24.3 Å². The number of nitrogens with one attached hydrogen (secondary N) is 1. The molecule has 4 nitrogen and oxygen atoms in total. The highest BCUT2D eigenvalue weighted by Crippen LogP contribution is 2.27. The van der Waals surface area contributed by atoms with Crippen LogP contribution in [0.25, 0.3) is 22.4 Å². The van der Waals surface area contributed by atoms with E-state index in [1.165, 1.54) is 12.1 Å². The molecule has 2 heterocycles. The third-order valence-electron chi connectivity index (χ3n) is 3.91. The van der Waals surface area contributed by atoms with E-state index in [0.29, 0.717) is 33.6 Å². The molecule has 1 N–H and O–H groups in total. The maximum atomic E-state index is 13.2. The van der Waals surface area contributed by atoms with Gasteiger partial charge < -0.3 is 9.73 Å². The predicted molar refractivity (Wildman–Crippen MR) is 98.8 cm³/mol. The van der Waals surface area contributed by atoms with E-state index in [0.717, 1.165) is 6.07 Å². The van der Waals surface area contributed by atoms with Crippen molar-refractivity contribution in [3.05, 3.63) is 83.3 Å². The average Bonchev–Trinajstić information content (AvgIpc) is 3.18. The van der Waals surface area contributed by atoms with Crippen LogP contribution < -0.4 is 5.32 Å². The molecule has 0 radical (unpaired) electrons. The lowest BCUT2D eigenvalue weighted by Gasteiger charge is -2.11. The molecule has 0 unspecified atom stereocenters. The fourth-order valence-electron chi connectivity index (χ4n) is 2.69. The minimum absolute atomic E-state index is 0.128. The van der Waals surface area contributed by atoms with E-state index in [1.54, 1.807) is 24.5 Å². The van der Waals surface area contributed by atoms with Gasteiger partial charge in [-0.1, -0.05) is 29.8 Å². The van der Waals surface area contributed by atoms with Gasteiger partial charge in [0.25, 0.3) is 5.91 Å². The van der Waals surface area contributed by atoms with Crippen molar-refractivity contribution in [3.8, 4) is 11.5 Å². The Morgan fingerprint density at radius 3 is 2.69 bits per heavy atom. The van der Waals surface area contributed by atoms with Crippen molar-refractivity contribution in [2.45, 2.75) is 0 Å². The number of para-hydroxylation sites is 1. The lowest BCUT2D eigenvalue weighted by Crippen LogP contribution is -2.13. The first-order valence-electron chi connectivity index (χ1n) is 7.82. The summed E-state index contributed by atoms with van der Waals surface area (Å²) in [5, 5.41) is 3.54. The van der Waals surface area contributed by atoms with Crippen LogP contribution >= 0.6 is 11.6 Å². The first-order chi connectivity index (χ1) is 12.6. The van der Waals surface area contributed by atoms with Gasteiger partial charge in [0.05, 0.1) is 28.1 Å². The maximum absolute atomic E-state index is 13.2. The molecule has 4 aromatic rings. The summed E-state index contributed by atoms with van der Waals surface area (Å²) in [6.07, 6.45) is 1.55. The van der Waals surface area contributed by atoms with Crippen molar-refractivity contribution < 1.29 is 13.6 Å². The Balaban J connectivity index is 1.80. The number of hydrogen-bond donors (Lipinski definition) is 1. The number of rotatable bonds is 3. The number of fused-ring (bicyclic) bond motifs is 1. The Hall–Kier alpha value is -3.18. The third-order valence-corrected chi connectivity index (χ3v) is 4.23. The molecule has 0 bridgehead atoms. The third kappa shape index (κ3) is 3.05. The number of carbonyl (C=O) groups is 1. The summed E-state index contributed by atoms with van der Waals surface area (Å²) in [5.41, 5.74) is 1.96. The van der Waals surface area contributed by atoms with E-state index in [9.17, 15) is 9.18 Å². The van der Waals surface area contributed by atoms with Crippen molar-refractivity contribution in [1.82, 2.24) is 4.98 Å². The number of carbonyl (C=O) groups excluding carboxylic acids is 1. The number of anilines is 1. The molecule has 0 aliphatic rings. The van der Waals surface area contributed by atoms with Crippen molar-refractivity contribution >= 4 is 34.1 Å². The molecule has 6 heteroatoms. The van der Waals surface area contributed by atoms with Crippen molar-refractivity contribution in [3.63, 3.8) is 0 Å². The molecule has 0 aliphatic carbocycles. The van der Waals surface area contributed by atoms with Crippen molar-refractivity contribution in [2.75, 3.05) is 5.32 Å². The first-order valence-corrected chi connectivity index (χ1v) is 8.20. The summed E-state index contributed by atoms with van der Waals surface area (Å²) in [4.78, 5) is 17.4. The molecule has 1 amide bonds. The van der Waals surface area contributed by atoms with Crippen molar-refractivity contribution in [1.29, 1.82) is 0 Å². The Bertz CT molecular complexity index is 1110. The average molecular weight is 367 g/mol. The van der Waals surface area contributed by atoms with E-state index >= 15 is 0 Å². The molecule has 0 fully saturated rings. The molecule has 2 aromatic heterocycles. The summed E-state index contributed by atoms with van der Waals surface area (Å²) in [6.45, 7) is 0. The van der Waals surface area contributed by atoms with Gasteiger partial charge in [0, 0.05) is 5.39 Å². The zero-order valence-corrected chi connectivity index (χ0v) is 14.1. The summed E-state index contributed by atoms with van der Waals surface area (Å²) in [5.74, 6) is -0.281. The number of halogens is 2. The highest BCUT2D eigenvalue weighted by atomic mass is 35.5. The van der Waals surface area contributed by atoms with Crippen LogP contribution in [0.1, 0.15) is 10.4 Å². The monoisotopic (exact) mass is 366 g/mol. The van der Waals surface area contributed by atoms with Gasteiger partial charge in [-0.3, -0.25) is 4.79 Å². The number of furan rings is 1. The fourth-order valence-corrected chi connectivity index (χ4v) is 2.91. The van der Waals surface area contributed by atoms with Crippen LogP contribution in [0.5, 0.6) is 0 Å². The SMILES string of the molecule is O=C(Nc1ccc(F)cc1Cl)c1cc(-c2ccco2)nc2ccccc12. The normalized spacial score (nSPS) is 10.8. The van der Waals surface area contributed by atoms with Gasteiger partial charge in [0.1, 0.15) is 11.5 Å². The van der Waals surface area contributed by atoms with Crippen LogP contribution in [0.15, 0.2) is 71.3 Å². The summed E-state index contributed by atoms with van der Waals surface area (Å²) < 4.78 is 18.6. The van der Waals surface area contributed by atoms with Gasteiger partial charge in [-0.25, -0.2) is 9.37 Å². The molecule has 128 valence electrons. The highest BCUT2D eigenvalue weighted by Gasteiger charge is 2.16. The second-order valence-electron chi connectivity index (χ2n) is 5.63. The Morgan fingerprint density at radius 2 is 1.92 bits per heavy atom. The van der Waals surface area contributed by atoms with Crippen LogP contribution in [-0.2, 0) is 0 Å². The van der Waals surface area contributed by atoms with E-state index in [4.69, 9.17) is 16.0 Å². The zero-order chi connectivity index (χ0) is 18.1. The minimum Gasteiger partial charge on any atom is -0.463 e. The largest absolute Gasteiger partial charge is 0.463 e. The highest BCUT2D eigenvalue weighted by molar-refractivity contribution is 6.34. The second-order valence-corrected chi connectivity index (χ2v) is 6.03. The number of benzene rings is 2. The Kier molecular flexibility index (Phi) is 4.14. The van der Waals surface area contributed by atoms with E-state index in [-0.39, 0.29) is 10.9 Å². The number of nitrogens with zero attached hydrogens (tertiary/aromatic N) is 1. The van der Waals surface area contributed by atoms with Gasteiger partial charge in [-0.15, -0.1) is 0 Å². The second kappa shape index (κ2) is 6.61. The van der Waals surface area contributed by atoms with Crippen LogP contribution in [0.2, 0.25) is 5.02 Å². The van der Waals surface area contributed by atoms with Gasteiger partial charge in [-0.05, 0) is 42.5 Å². The van der Waals surface area contributed by atoms with Gasteiger partial charge >= 0.3 is 0 Å². The van der Waals surface area contributed by atoms with Gasteiger partial charge in [-0.2, -0.15) is 0 Å². The topological polar surface area (TPSA) is 55.1 Å². The fraction of sp³-hybridized carbons (Fsp3) is 0. The molecule has 2 aromatic carbocycles. The van der Waals surface area contributed by atoms with Gasteiger partial charge in [0.15, 0.2) is 5.76 Å². The molecule has 0 saturated carbocycles. The van der Waals surface area contributed by atoms with E-state index in [2.05, 4.69) is 10.3 Å². The van der Waals surface area contributed by atoms with E-state index < -0.39 is 5.82 Å². The lowest BCUT2D eigenvalue weighted by molar-refractivity contribution is 0.102. The summed E-state index contributed by atoms with van der Waals surface area (Å²) in [7, 11) is 0. The molecule has 4 rings (SSSR count). The van der Waals surface area contributed by atoms with Crippen LogP contribution in [0.4, 0.5) is 10.1 Å². The van der Waals surface area contributed by atoms with Gasteiger partial charge in [0.2, 0.25) is 0 Å². The number of hydrogen-bond acceptors (Lipinski definition) is 3. The lowest BCUT2D eigenvalue weighted by atomic mass is 10.1. The number of aromatic nitrogens is 1.